The van der Waals surface area contributed by atoms with Crippen LogP contribution in [-0.4, -0.2) is 59.9 Å². The van der Waals surface area contributed by atoms with E-state index in [0.29, 0.717) is 23.2 Å². The zero-order chi connectivity index (χ0) is 17.8. The van der Waals surface area contributed by atoms with Crippen LogP contribution in [0.1, 0.15) is 24.3 Å². The average Bonchev–Trinajstić information content (AvgIpc) is 2.63. The fraction of sp³-hybridized carbons (Fsp3) is 0.500. The van der Waals surface area contributed by atoms with Crippen molar-refractivity contribution in [1.82, 2.24) is 20.4 Å². The van der Waals surface area contributed by atoms with E-state index < -0.39 is 0 Å². The van der Waals surface area contributed by atoms with Crippen molar-refractivity contribution < 1.29 is 9.53 Å². The average molecular weight is 344 g/mol. The smallest absolute Gasteiger partial charge is 0.272 e. The molecule has 0 spiro atoms. The van der Waals surface area contributed by atoms with Crippen molar-refractivity contribution in [3.8, 4) is 0 Å². The molecule has 3 rings (SSSR count). The molecule has 2 heterocycles. The number of nitrogens with one attached hydrogen (secondary N) is 2. The molecule has 0 bridgehead atoms. The highest BCUT2D eigenvalue weighted by Crippen LogP contribution is 2.14. The minimum absolute atomic E-state index is 0.238. The van der Waals surface area contributed by atoms with Crippen LogP contribution in [-0.2, 0) is 4.74 Å². The summed E-state index contributed by atoms with van der Waals surface area (Å²) in [6.07, 6.45) is 0. The Morgan fingerprint density at radius 2 is 1.96 bits per heavy atom. The summed E-state index contributed by atoms with van der Waals surface area (Å²) in [4.78, 5) is 26.8. The summed E-state index contributed by atoms with van der Waals surface area (Å²) in [6, 6.07) is 7.24. The molecule has 1 aromatic heterocycles. The minimum Gasteiger partial charge on any atom is -0.379 e. The SMILES string of the molecule is CC(C)C(CNC(=O)c1n[nH]c(=O)c2ccccc12)N1CCOCC1. The molecule has 0 radical (unpaired) electrons. The molecule has 1 amide bonds. The van der Waals surface area contributed by atoms with E-state index in [4.69, 9.17) is 4.74 Å². The molecule has 0 aliphatic carbocycles. The number of rotatable bonds is 5. The van der Waals surface area contributed by atoms with E-state index >= 15 is 0 Å². The van der Waals surface area contributed by atoms with Crippen molar-refractivity contribution in [3.05, 3.63) is 40.3 Å². The van der Waals surface area contributed by atoms with Gasteiger partial charge < -0.3 is 10.1 Å². The number of morpholine rings is 1. The molecule has 1 fully saturated rings. The van der Waals surface area contributed by atoms with E-state index in [0.717, 1.165) is 26.3 Å². The fourth-order valence-corrected chi connectivity index (χ4v) is 3.26. The van der Waals surface area contributed by atoms with Crippen molar-refractivity contribution in [2.75, 3.05) is 32.8 Å². The number of amides is 1. The van der Waals surface area contributed by atoms with E-state index in [1.54, 1.807) is 24.3 Å². The van der Waals surface area contributed by atoms with Crippen LogP contribution >= 0.6 is 0 Å². The lowest BCUT2D eigenvalue weighted by Crippen LogP contribution is -2.51. The van der Waals surface area contributed by atoms with Gasteiger partial charge in [-0.3, -0.25) is 14.5 Å². The van der Waals surface area contributed by atoms with Gasteiger partial charge in [-0.15, -0.1) is 0 Å². The number of fused-ring (bicyclic) bond motifs is 1. The number of aromatic amines is 1. The van der Waals surface area contributed by atoms with Gasteiger partial charge in [-0.05, 0) is 12.0 Å². The monoisotopic (exact) mass is 344 g/mol. The standard InChI is InChI=1S/C18H24N4O3/c1-12(2)15(22-7-9-25-10-8-22)11-19-18(24)16-13-5-3-4-6-14(13)17(23)21-20-16/h3-6,12,15H,7-11H2,1-2H3,(H,19,24)(H,21,23). The van der Waals surface area contributed by atoms with Crippen LogP contribution in [0.2, 0.25) is 0 Å². The lowest BCUT2D eigenvalue weighted by atomic mass is 10.0. The van der Waals surface area contributed by atoms with Gasteiger partial charge in [0.25, 0.3) is 11.5 Å². The number of carbonyl (C=O) groups is 1. The lowest BCUT2D eigenvalue weighted by Gasteiger charge is -2.36. The predicted octanol–water partition coefficient (Wildman–Crippen LogP) is 1.01. The molecule has 1 aliphatic rings. The maximum atomic E-state index is 12.6. The topological polar surface area (TPSA) is 87.3 Å². The summed E-state index contributed by atoms with van der Waals surface area (Å²) < 4.78 is 5.41. The number of benzene rings is 1. The third-order valence-electron chi connectivity index (χ3n) is 4.67. The van der Waals surface area contributed by atoms with Gasteiger partial charge in [0.2, 0.25) is 0 Å². The van der Waals surface area contributed by atoms with Gasteiger partial charge in [-0.2, -0.15) is 5.10 Å². The van der Waals surface area contributed by atoms with E-state index in [2.05, 4.69) is 34.3 Å². The van der Waals surface area contributed by atoms with Crippen LogP contribution in [0.4, 0.5) is 0 Å². The molecule has 0 saturated carbocycles. The normalized spacial score (nSPS) is 16.9. The first-order chi connectivity index (χ1) is 12.1. The van der Waals surface area contributed by atoms with Crippen LogP contribution in [0.15, 0.2) is 29.1 Å². The van der Waals surface area contributed by atoms with Crippen LogP contribution in [0, 0.1) is 5.92 Å². The Morgan fingerprint density at radius 1 is 1.28 bits per heavy atom. The van der Waals surface area contributed by atoms with Gasteiger partial charge in [-0.1, -0.05) is 32.0 Å². The molecule has 2 N–H and O–H groups in total. The minimum atomic E-state index is -0.291. The Kier molecular flexibility index (Phi) is 5.45. The van der Waals surface area contributed by atoms with E-state index in [9.17, 15) is 9.59 Å². The van der Waals surface area contributed by atoms with Crippen molar-refractivity contribution in [1.29, 1.82) is 0 Å². The number of H-pyrrole nitrogens is 1. The van der Waals surface area contributed by atoms with Gasteiger partial charge in [0.15, 0.2) is 5.69 Å². The van der Waals surface area contributed by atoms with Crippen LogP contribution in [0.25, 0.3) is 10.8 Å². The molecular formula is C18H24N4O3. The van der Waals surface area contributed by atoms with E-state index in [1.165, 1.54) is 0 Å². The molecule has 2 aromatic rings. The molecular weight excluding hydrogens is 320 g/mol. The summed E-state index contributed by atoms with van der Waals surface area (Å²) in [5, 5.41) is 10.4. The van der Waals surface area contributed by atoms with Crippen LogP contribution in [0.3, 0.4) is 0 Å². The summed E-state index contributed by atoms with van der Waals surface area (Å²) >= 11 is 0. The Balaban J connectivity index is 1.75. The second-order valence-corrected chi connectivity index (χ2v) is 6.62. The van der Waals surface area contributed by atoms with Crippen molar-refractivity contribution >= 4 is 16.7 Å². The predicted molar refractivity (Wildman–Crippen MR) is 95.7 cm³/mol. The Hall–Kier alpha value is -2.25. The maximum absolute atomic E-state index is 12.6. The van der Waals surface area contributed by atoms with Gasteiger partial charge >= 0.3 is 0 Å². The quantitative estimate of drug-likeness (QED) is 0.845. The molecule has 7 nitrogen and oxygen atoms in total. The highest BCUT2D eigenvalue weighted by atomic mass is 16.5. The highest BCUT2D eigenvalue weighted by molar-refractivity contribution is 6.04. The maximum Gasteiger partial charge on any atom is 0.272 e. The van der Waals surface area contributed by atoms with E-state index in [1.807, 2.05) is 0 Å². The zero-order valence-electron chi connectivity index (χ0n) is 14.6. The Labute approximate surface area is 146 Å². The number of carbonyl (C=O) groups excluding carboxylic acids is 1. The molecule has 1 saturated heterocycles. The van der Waals surface area contributed by atoms with Gasteiger partial charge in [0.05, 0.1) is 18.6 Å². The lowest BCUT2D eigenvalue weighted by molar-refractivity contribution is 0.00672. The van der Waals surface area contributed by atoms with Crippen molar-refractivity contribution in [2.24, 2.45) is 5.92 Å². The summed E-state index contributed by atoms with van der Waals surface area (Å²) in [7, 11) is 0. The largest absolute Gasteiger partial charge is 0.379 e. The van der Waals surface area contributed by atoms with Gasteiger partial charge in [-0.25, -0.2) is 5.10 Å². The van der Waals surface area contributed by atoms with Crippen molar-refractivity contribution in [2.45, 2.75) is 19.9 Å². The van der Waals surface area contributed by atoms with E-state index in [-0.39, 0.29) is 23.2 Å². The second-order valence-electron chi connectivity index (χ2n) is 6.62. The summed E-state index contributed by atoms with van der Waals surface area (Å²) in [6.45, 7) is 8.04. The number of hydrogen-bond acceptors (Lipinski definition) is 5. The van der Waals surface area contributed by atoms with Gasteiger partial charge in [0, 0.05) is 31.1 Å². The molecule has 7 heteroatoms. The molecule has 25 heavy (non-hydrogen) atoms. The molecule has 1 aliphatic heterocycles. The number of aromatic nitrogens is 2. The summed E-state index contributed by atoms with van der Waals surface area (Å²) in [5.74, 6) is 0.130. The Morgan fingerprint density at radius 3 is 2.64 bits per heavy atom. The number of nitrogens with zero attached hydrogens (tertiary/aromatic N) is 2. The highest BCUT2D eigenvalue weighted by Gasteiger charge is 2.25. The van der Waals surface area contributed by atoms with Gasteiger partial charge in [0.1, 0.15) is 0 Å². The number of ether oxygens (including phenoxy) is 1. The zero-order valence-corrected chi connectivity index (χ0v) is 14.6. The van der Waals surface area contributed by atoms with Crippen LogP contribution in [0.5, 0.6) is 0 Å². The summed E-state index contributed by atoms with van der Waals surface area (Å²) in [5.41, 5.74) is -0.0415. The number of hydrogen-bond donors (Lipinski definition) is 2. The Bertz CT molecular complexity index is 796. The first kappa shape index (κ1) is 17.6. The second kappa shape index (κ2) is 7.76. The van der Waals surface area contributed by atoms with Crippen LogP contribution < -0.4 is 10.9 Å². The molecule has 1 unspecified atom stereocenters. The third kappa shape index (κ3) is 3.88. The molecule has 134 valence electrons. The fourth-order valence-electron chi connectivity index (χ4n) is 3.26. The first-order valence-corrected chi connectivity index (χ1v) is 8.65. The molecule has 1 atom stereocenters. The molecule has 1 aromatic carbocycles. The third-order valence-corrected chi connectivity index (χ3v) is 4.67. The van der Waals surface area contributed by atoms with Crippen molar-refractivity contribution in [3.63, 3.8) is 0 Å². The first-order valence-electron chi connectivity index (χ1n) is 8.65.